The van der Waals surface area contributed by atoms with Gasteiger partial charge in [0.15, 0.2) is 11.7 Å². The molecule has 0 spiro atoms. The van der Waals surface area contributed by atoms with Crippen LogP contribution >= 0.6 is 34.8 Å². The van der Waals surface area contributed by atoms with Crippen molar-refractivity contribution in [2.75, 3.05) is 6.61 Å². The van der Waals surface area contributed by atoms with Gasteiger partial charge in [-0.2, -0.15) is 0 Å². The van der Waals surface area contributed by atoms with Gasteiger partial charge in [0.05, 0.1) is 11.6 Å². The second-order valence-corrected chi connectivity index (χ2v) is 10.9. The van der Waals surface area contributed by atoms with Gasteiger partial charge in [0, 0.05) is 10.0 Å². The maximum atomic E-state index is 11.5. The van der Waals surface area contributed by atoms with Gasteiger partial charge in [0.2, 0.25) is 0 Å². The molecule has 232 valence electrons. The molecule has 0 aliphatic rings. The number of benzene rings is 4. The third-order valence-corrected chi connectivity index (χ3v) is 6.42. The Labute approximate surface area is 270 Å². The highest BCUT2D eigenvalue weighted by molar-refractivity contribution is 6.35. The molecule has 4 aromatic carbocycles. The maximum Gasteiger partial charge on any atom is 0.347 e. The van der Waals surface area contributed by atoms with E-state index in [1.54, 1.807) is 105 Å². The minimum atomic E-state index is -1.30. The monoisotopic (exact) mass is 660 g/mol. The summed E-state index contributed by atoms with van der Waals surface area (Å²) >= 11 is 17.7. The fraction of sp³-hybridized carbons (Fsp3) is 0.212. The Morgan fingerprint density at radius 2 is 1.20 bits per heavy atom. The molecule has 0 aliphatic carbocycles. The Morgan fingerprint density at radius 1 is 0.727 bits per heavy atom. The summed E-state index contributed by atoms with van der Waals surface area (Å²) in [7, 11) is 0. The number of hydrogen-bond acceptors (Lipinski definition) is 7. The molecule has 8 nitrogen and oxygen atoms in total. The van der Waals surface area contributed by atoms with Crippen LogP contribution in [-0.2, 0) is 14.3 Å². The third kappa shape index (κ3) is 10.9. The summed E-state index contributed by atoms with van der Waals surface area (Å²) in [6.45, 7) is 6.70. The van der Waals surface area contributed by atoms with Gasteiger partial charge in [0.25, 0.3) is 0 Å². The van der Waals surface area contributed by atoms with Crippen molar-refractivity contribution in [3.05, 3.63) is 106 Å². The lowest BCUT2D eigenvalue weighted by Crippen LogP contribution is -2.37. The first-order valence-electron chi connectivity index (χ1n) is 13.4. The van der Waals surface area contributed by atoms with Crippen molar-refractivity contribution in [3.63, 3.8) is 0 Å². The molecule has 11 heteroatoms. The fourth-order valence-corrected chi connectivity index (χ4v) is 3.91. The van der Waals surface area contributed by atoms with E-state index in [4.69, 9.17) is 63.6 Å². The quantitative estimate of drug-likeness (QED) is 0.159. The van der Waals surface area contributed by atoms with E-state index in [0.29, 0.717) is 56.2 Å². The van der Waals surface area contributed by atoms with Crippen LogP contribution in [0.2, 0.25) is 15.1 Å². The Morgan fingerprint density at radius 3 is 1.73 bits per heavy atom. The summed E-state index contributed by atoms with van der Waals surface area (Å²) in [6.07, 6.45) is -0.650. The standard InChI is InChI=1S/C17H17ClO4.C16H14Cl2O4/c1-3-20-17(19)12(2)21-14-8-10-16(11-9-14)22-15-6-4-13(18)5-7-15;1-16(2,15(19)20)22-12-6-4-11(5-7-12)21-14-8-3-10(17)9-13(14)18/h4-12H,3H2,1-2H3;3-9H,1-2H3,(H,19,20). The molecular formula is C33H31Cl3O8. The number of halogens is 3. The van der Waals surface area contributed by atoms with Crippen LogP contribution in [0.5, 0.6) is 34.5 Å². The number of carbonyl (C=O) groups excluding carboxylic acids is 1. The van der Waals surface area contributed by atoms with Crippen molar-refractivity contribution in [1.82, 2.24) is 0 Å². The van der Waals surface area contributed by atoms with Gasteiger partial charge >= 0.3 is 11.9 Å². The average Bonchev–Trinajstić information content (AvgIpc) is 2.98. The molecular weight excluding hydrogens is 631 g/mol. The Hall–Kier alpha value is -4.11. The molecule has 0 aromatic heterocycles. The molecule has 0 heterocycles. The first-order valence-corrected chi connectivity index (χ1v) is 14.5. The molecule has 44 heavy (non-hydrogen) atoms. The molecule has 1 N–H and O–H groups in total. The highest BCUT2D eigenvalue weighted by Gasteiger charge is 2.29. The van der Waals surface area contributed by atoms with Gasteiger partial charge in [-0.15, -0.1) is 0 Å². The minimum absolute atomic E-state index is 0.334. The van der Waals surface area contributed by atoms with E-state index < -0.39 is 17.7 Å². The van der Waals surface area contributed by atoms with Crippen LogP contribution in [0.4, 0.5) is 0 Å². The number of ether oxygens (including phenoxy) is 5. The molecule has 0 fully saturated rings. The molecule has 1 unspecified atom stereocenters. The minimum Gasteiger partial charge on any atom is -0.479 e. The summed E-state index contributed by atoms with van der Waals surface area (Å²) in [5.74, 6) is 1.96. The molecule has 0 saturated heterocycles. The van der Waals surface area contributed by atoms with Gasteiger partial charge < -0.3 is 28.8 Å². The normalized spacial score (nSPS) is 11.3. The predicted octanol–water partition coefficient (Wildman–Crippen LogP) is 9.49. The van der Waals surface area contributed by atoms with Crippen molar-refractivity contribution in [1.29, 1.82) is 0 Å². The summed E-state index contributed by atoms with van der Waals surface area (Å²) in [4.78, 5) is 22.5. The van der Waals surface area contributed by atoms with Crippen LogP contribution in [0.1, 0.15) is 27.7 Å². The summed E-state index contributed by atoms with van der Waals surface area (Å²) in [5, 5.41) is 10.6. The number of carboxylic acid groups (broad SMARTS) is 1. The van der Waals surface area contributed by atoms with Crippen molar-refractivity contribution in [2.45, 2.75) is 39.4 Å². The number of rotatable bonds is 11. The first kappa shape index (κ1) is 34.4. The number of hydrogen-bond donors (Lipinski definition) is 1. The van der Waals surface area contributed by atoms with Crippen LogP contribution < -0.4 is 18.9 Å². The third-order valence-electron chi connectivity index (χ3n) is 5.64. The van der Waals surface area contributed by atoms with Crippen LogP contribution in [0.25, 0.3) is 0 Å². The van der Waals surface area contributed by atoms with Crippen LogP contribution in [-0.4, -0.2) is 35.4 Å². The number of aliphatic carboxylic acids is 1. The van der Waals surface area contributed by atoms with E-state index in [1.165, 1.54) is 13.8 Å². The van der Waals surface area contributed by atoms with Crippen molar-refractivity contribution in [2.24, 2.45) is 0 Å². The van der Waals surface area contributed by atoms with E-state index in [0.717, 1.165) is 0 Å². The number of carboxylic acids is 1. The highest BCUT2D eigenvalue weighted by atomic mass is 35.5. The molecule has 0 amide bonds. The predicted molar refractivity (Wildman–Crippen MR) is 170 cm³/mol. The molecule has 0 saturated carbocycles. The van der Waals surface area contributed by atoms with E-state index in [1.807, 2.05) is 0 Å². The maximum absolute atomic E-state index is 11.5. The lowest BCUT2D eigenvalue weighted by Gasteiger charge is -2.21. The van der Waals surface area contributed by atoms with E-state index in [2.05, 4.69) is 0 Å². The Bertz CT molecular complexity index is 1520. The number of esters is 1. The zero-order chi connectivity index (χ0) is 32.3. The van der Waals surface area contributed by atoms with Gasteiger partial charge in [-0.1, -0.05) is 34.8 Å². The summed E-state index contributed by atoms with van der Waals surface area (Å²) < 4.78 is 27.1. The van der Waals surface area contributed by atoms with E-state index in [9.17, 15) is 9.59 Å². The van der Waals surface area contributed by atoms with Crippen molar-refractivity contribution in [3.8, 4) is 34.5 Å². The number of carbonyl (C=O) groups is 2. The second kappa shape index (κ2) is 16.1. The first-order chi connectivity index (χ1) is 20.9. The molecule has 1 atom stereocenters. The van der Waals surface area contributed by atoms with Crippen LogP contribution in [0.3, 0.4) is 0 Å². The van der Waals surface area contributed by atoms with Gasteiger partial charge in [-0.05, 0) is 119 Å². The van der Waals surface area contributed by atoms with E-state index >= 15 is 0 Å². The summed E-state index contributed by atoms with van der Waals surface area (Å²) in [5.41, 5.74) is -1.30. The lowest BCUT2D eigenvalue weighted by molar-refractivity contribution is -0.152. The molecule has 0 aliphatic heterocycles. The molecule has 4 rings (SSSR count). The molecule has 0 radical (unpaired) electrons. The SMILES string of the molecule is CC(C)(Oc1ccc(Oc2ccc(Cl)cc2Cl)cc1)C(=O)O.CCOC(=O)C(C)Oc1ccc(Oc2ccc(Cl)cc2)cc1. The van der Waals surface area contributed by atoms with Gasteiger partial charge in [-0.3, -0.25) is 0 Å². The van der Waals surface area contributed by atoms with Crippen molar-refractivity contribution < 1.29 is 38.4 Å². The summed E-state index contributed by atoms with van der Waals surface area (Å²) in [6, 6.07) is 25.6. The molecule has 4 aromatic rings. The Balaban J connectivity index is 0.000000240. The average molecular weight is 662 g/mol. The lowest BCUT2D eigenvalue weighted by atomic mass is 10.1. The zero-order valence-corrected chi connectivity index (χ0v) is 26.7. The topological polar surface area (TPSA) is 101 Å². The van der Waals surface area contributed by atoms with E-state index in [-0.39, 0.29) is 5.97 Å². The molecule has 0 bridgehead atoms. The van der Waals surface area contributed by atoms with Crippen molar-refractivity contribution >= 4 is 46.7 Å². The Kier molecular flexibility index (Phi) is 12.6. The van der Waals surface area contributed by atoms with Gasteiger partial charge in [-0.25, -0.2) is 9.59 Å². The fourth-order valence-electron chi connectivity index (χ4n) is 3.34. The zero-order valence-electron chi connectivity index (χ0n) is 24.4. The van der Waals surface area contributed by atoms with Crippen LogP contribution in [0.15, 0.2) is 91.0 Å². The highest BCUT2D eigenvalue weighted by Crippen LogP contribution is 2.32. The smallest absolute Gasteiger partial charge is 0.347 e. The second-order valence-electron chi connectivity index (χ2n) is 9.61. The van der Waals surface area contributed by atoms with Gasteiger partial charge in [0.1, 0.15) is 34.5 Å². The van der Waals surface area contributed by atoms with Crippen LogP contribution in [0, 0.1) is 0 Å². The largest absolute Gasteiger partial charge is 0.479 e.